The molecular weight excluding hydrogens is 328 g/mol. The fraction of sp³-hybridized carbons (Fsp3) is 0.615. The first-order chi connectivity index (χ1) is 10.3. The van der Waals surface area contributed by atoms with Crippen molar-refractivity contribution in [2.75, 3.05) is 23.7 Å². The Morgan fingerprint density at radius 2 is 1.77 bits per heavy atom. The lowest BCUT2D eigenvalue weighted by Gasteiger charge is -2.43. The normalized spacial score (nSPS) is 22.7. The Hall–Kier alpha value is -1.41. The van der Waals surface area contributed by atoms with E-state index in [1.807, 2.05) is 18.7 Å². The topological polar surface area (TPSA) is 83.5 Å². The van der Waals surface area contributed by atoms with Crippen LogP contribution in [-0.2, 0) is 9.84 Å². The summed E-state index contributed by atoms with van der Waals surface area (Å²) in [6, 6.07) is -0.146. The van der Waals surface area contributed by atoms with Gasteiger partial charge in [-0.1, -0.05) is 6.92 Å². The van der Waals surface area contributed by atoms with Crippen LogP contribution in [-0.4, -0.2) is 59.6 Å². The van der Waals surface area contributed by atoms with E-state index < -0.39 is 15.2 Å². The predicted molar refractivity (Wildman–Crippen MR) is 84.0 cm³/mol. The highest BCUT2D eigenvalue weighted by molar-refractivity contribution is 7.91. The van der Waals surface area contributed by atoms with Crippen LogP contribution in [0.2, 0.25) is 0 Å². The maximum Gasteiger partial charge on any atom is 0.316 e. The second-order valence-corrected chi connectivity index (χ2v) is 7.99. The Kier molecular flexibility index (Phi) is 4.91. The lowest BCUT2D eigenvalue weighted by atomic mass is 10.1. The highest BCUT2D eigenvalue weighted by atomic mass is 35.5. The quantitative estimate of drug-likeness (QED) is 0.609. The fourth-order valence-electron chi connectivity index (χ4n) is 2.63. The third kappa shape index (κ3) is 3.33. The zero-order chi connectivity index (χ0) is 16.5. The van der Waals surface area contributed by atoms with Crippen molar-refractivity contribution in [2.24, 2.45) is 0 Å². The van der Waals surface area contributed by atoms with Gasteiger partial charge in [-0.3, -0.25) is 4.79 Å². The Morgan fingerprint density at radius 1 is 1.27 bits per heavy atom. The molecule has 1 aromatic rings. The molecule has 2 atom stereocenters. The molecule has 0 N–H and O–H groups in total. The van der Waals surface area contributed by atoms with Gasteiger partial charge < -0.3 is 9.80 Å². The summed E-state index contributed by atoms with van der Waals surface area (Å²) in [5.74, 6) is 0.468. The molecule has 7 nitrogen and oxygen atoms in total. The Labute approximate surface area is 135 Å². The van der Waals surface area contributed by atoms with Crippen LogP contribution < -0.4 is 4.90 Å². The number of nitrogens with zero attached hydrogens (tertiary/aromatic N) is 4. The molecule has 22 heavy (non-hydrogen) atoms. The van der Waals surface area contributed by atoms with Gasteiger partial charge >= 0.3 is 5.37 Å². The van der Waals surface area contributed by atoms with Gasteiger partial charge in [0.2, 0.25) is 5.95 Å². The van der Waals surface area contributed by atoms with Gasteiger partial charge in [0.25, 0.3) is 0 Å². The van der Waals surface area contributed by atoms with E-state index in [1.54, 1.807) is 11.8 Å². The molecule has 0 unspecified atom stereocenters. The maximum absolute atomic E-state index is 11.8. The van der Waals surface area contributed by atoms with Gasteiger partial charge in [-0.05, 0) is 25.4 Å². The molecule has 0 bridgehead atoms. The van der Waals surface area contributed by atoms with Crippen molar-refractivity contribution in [1.29, 1.82) is 0 Å². The summed E-state index contributed by atoms with van der Waals surface area (Å²) in [4.78, 5) is 23.4. The van der Waals surface area contributed by atoms with Gasteiger partial charge in [-0.2, -0.15) is 0 Å². The van der Waals surface area contributed by atoms with Crippen LogP contribution in [0.4, 0.5) is 10.7 Å². The maximum atomic E-state index is 11.8. The molecular formula is C13H19ClN4O3S. The zero-order valence-electron chi connectivity index (χ0n) is 12.7. The summed E-state index contributed by atoms with van der Waals surface area (Å²) in [6.07, 6.45) is 2.66. The second-order valence-electron chi connectivity index (χ2n) is 5.39. The summed E-state index contributed by atoms with van der Waals surface area (Å²) in [5, 5.41) is -0.468. The number of sulfone groups is 1. The van der Waals surface area contributed by atoms with E-state index in [1.165, 1.54) is 12.4 Å². The third-order valence-electron chi connectivity index (χ3n) is 3.76. The van der Waals surface area contributed by atoms with Crippen LogP contribution in [0, 0.1) is 0 Å². The minimum atomic E-state index is -3.30. The first-order valence-electron chi connectivity index (χ1n) is 7.03. The standard InChI is InChI=1S/C13H19ClN4O3S/c1-4-22(20,21)11-5-15-13(16-6-11)17-7-9(2)18(12(14)19)10(3)8-17/h5-6,9-10H,4,7-8H2,1-3H3/t9-,10+. The first-order valence-corrected chi connectivity index (χ1v) is 9.06. The molecule has 122 valence electrons. The lowest BCUT2D eigenvalue weighted by molar-refractivity contribution is 0.162. The van der Waals surface area contributed by atoms with Crippen molar-refractivity contribution in [3.05, 3.63) is 12.4 Å². The smallest absolute Gasteiger partial charge is 0.316 e. The highest BCUT2D eigenvalue weighted by Crippen LogP contribution is 2.21. The number of halogens is 1. The van der Waals surface area contributed by atoms with E-state index in [-0.39, 0.29) is 22.7 Å². The molecule has 1 saturated heterocycles. The van der Waals surface area contributed by atoms with E-state index in [2.05, 4.69) is 9.97 Å². The number of aromatic nitrogens is 2. The summed E-state index contributed by atoms with van der Waals surface area (Å²) >= 11 is 5.60. The highest BCUT2D eigenvalue weighted by Gasteiger charge is 2.33. The molecule has 0 spiro atoms. The number of hydrogen-bond donors (Lipinski definition) is 0. The molecule has 0 aromatic carbocycles. The largest absolute Gasteiger partial charge is 0.337 e. The van der Waals surface area contributed by atoms with Crippen molar-refractivity contribution < 1.29 is 13.2 Å². The van der Waals surface area contributed by atoms with Crippen LogP contribution in [0.25, 0.3) is 0 Å². The van der Waals surface area contributed by atoms with Crippen LogP contribution in [0.3, 0.4) is 0 Å². The van der Waals surface area contributed by atoms with Crippen molar-refractivity contribution in [2.45, 2.75) is 37.8 Å². The molecule has 2 heterocycles. The molecule has 1 amide bonds. The minimum absolute atomic E-state index is 0.0142. The van der Waals surface area contributed by atoms with E-state index in [0.717, 1.165) is 0 Å². The average Bonchev–Trinajstić information content (AvgIpc) is 2.46. The van der Waals surface area contributed by atoms with E-state index in [0.29, 0.717) is 19.0 Å². The molecule has 1 aromatic heterocycles. The summed E-state index contributed by atoms with van der Waals surface area (Å²) < 4.78 is 23.5. The lowest BCUT2D eigenvalue weighted by Crippen LogP contribution is -2.57. The molecule has 1 fully saturated rings. The number of carbonyl (C=O) groups is 1. The fourth-order valence-corrected chi connectivity index (χ4v) is 3.73. The van der Waals surface area contributed by atoms with Crippen molar-refractivity contribution >= 4 is 32.8 Å². The minimum Gasteiger partial charge on any atom is -0.337 e. The van der Waals surface area contributed by atoms with Crippen molar-refractivity contribution in [3.63, 3.8) is 0 Å². The molecule has 9 heteroatoms. The monoisotopic (exact) mass is 346 g/mol. The van der Waals surface area contributed by atoms with Gasteiger partial charge in [-0.15, -0.1) is 0 Å². The number of amides is 1. The van der Waals surface area contributed by atoms with Crippen molar-refractivity contribution in [3.8, 4) is 0 Å². The number of hydrogen-bond acceptors (Lipinski definition) is 6. The summed E-state index contributed by atoms with van der Waals surface area (Å²) in [6.45, 7) is 6.47. The van der Waals surface area contributed by atoms with E-state index in [4.69, 9.17) is 11.6 Å². The zero-order valence-corrected chi connectivity index (χ0v) is 14.3. The van der Waals surface area contributed by atoms with Crippen LogP contribution in [0.1, 0.15) is 20.8 Å². The van der Waals surface area contributed by atoms with Crippen LogP contribution >= 0.6 is 11.6 Å². The van der Waals surface area contributed by atoms with Gasteiger partial charge in [-0.25, -0.2) is 18.4 Å². The summed E-state index contributed by atoms with van der Waals surface area (Å²) in [5.41, 5.74) is 0. The number of anilines is 1. The average molecular weight is 347 g/mol. The van der Waals surface area contributed by atoms with Crippen LogP contribution in [0.15, 0.2) is 17.3 Å². The first kappa shape index (κ1) is 17.0. The molecule has 1 aliphatic rings. The SMILES string of the molecule is CCS(=O)(=O)c1cnc(N2C[C@@H](C)N(C(=O)Cl)[C@@H](C)C2)nc1. The second kappa shape index (κ2) is 6.37. The van der Waals surface area contributed by atoms with Gasteiger partial charge in [0.15, 0.2) is 9.84 Å². The van der Waals surface area contributed by atoms with Crippen LogP contribution in [0.5, 0.6) is 0 Å². The van der Waals surface area contributed by atoms with Gasteiger partial charge in [0.1, 0.15) is 4.90 Å². The Balaban J connectivity index is 2.18. The Bertz CT molecular complexity index is 638. The van der Waals surface area contributed by atoms with E-state index >= 15 is 0 Å². The number of rotatable bonds is 3. The summed E-state index contributed by atoms with van der Waals surface area (Å²) in [7, 11) is -3.30. The molecule has 0 radical (unpaired) electrons. The number of carbonyl (C=O) groups excluding carboxylic acids is 1. The predicted octanol–water partition coefficient (Wildman–Crippen LogP) is 1.53. The molecule has 1 aliphatic heterocycles. The van der Waals surface area contributed by atoms with E-state index in [9.17, 15) is 13.2 Å². The molecule has 0 aliphatic carbocycles. The molecule has 0 saturated carbocycles. The third-order valence-corrected chi connectivity index (χ3v) is 5.64. The number of piperazine rings is 1. The van der Waals surface area contributed by atoms with Crippen molar-refractivity contribution in [1.82, 2.24) is 14.9 Å². The van der Waals surface area contributed by atoms with Gasteiger partial charge in [0.05, 0.1) is 18.1 Å². The van der Waals surface area contributed by atoms with Gasteiger partial charge in [0, 0.05) is 25.2 Å². The molecule has 2 rings (SSSR count). The Morgan fingerprint density at radius 3 is 2.18 bits per heavy atom.